The van der Waals surface area contributed by atoms with Crippen molar-refractivity contribution in [2.24, 2.45) is 9.98 Å². The molecule has 4 nitrogen and oxygen atoms in total. The minimum absolute atomic E-state index is 0.179. The maximum absolute atomic E-state index is 5.22. The predicted molar refractivity (Wildman–Crippen MR) is 209 cm³/mol. The minimum atomic E-state index is -0.179. The Hall–Kier alpha value is -6.00. The summed E-state index contributed by atoms with van der Waals surface area (Å²) in [5.41, 5.74) is 11.9. The van der Waals surface area contributed by atoms with Gasteiger partial charge in [-0.05, 0) is 77.8 Å². The van der Waals surface area contributed by atoms with Crippen molar-refractivity contribution in [1.82, 2.24) is 9.47 Å². The Labute approximate surface area is 293 Å². The highest BCUT2D eigenvalue weighted by Gasteiger charge is 2.27. The van der Waals surface area contributed by atoms with Crippen molar-refractivity contribution in [3.63, 3.8) is 0 Å². The van der Waals surface area contributed by atoms with Crippen molar-refractivity contribution < 1.29 is 0 Å². The van der Waals surface area contributed by atoms with Crippen molar-refractivity contribution in [2.75, 3.05) is 7.05 Å². The summed E-state index contributed by atoms with van der Waals surface area (Å²) in [5.74, 6) is 1.67. The third-order valence-corrected chi connectivity index (χ3v) is 10.2. The van der Waals surface area contributed by atoms with Crippen molar-refractivity contribution in [1.29, 1.82) is 0 Å². The quantitative estimate of drug-likeness (QED) is 0.177. The molecule has 1 aromatic heterocycles. The Morgan fingerprint density at radius 1 is 0.560 bits per heavy atom. The molecular formula is C46H38N4. The van der Waals surface area contributed by atoms with E-state index in [0.29, 0.717) is 0 Å². The molecule has 2 heterocycles. The summed E-state index contributed by atoms with van der Waals surface area (Å²) in [7, 11) is 2.10. The second-order valence-corrected chi connectivity index (χ2v) is 13.3. The van der Waals surface area contributed by atoms with Crippen LogP contribution in [0.4, 0.5) is 0 Å². The molecule has 0 saturated carbocycles. The van der Waals surface area contributed by atoms with Gasteiger partial charge in [0, 0.05) is 34.6 Å². The molecule has 4 heteroatoms. The molecular weight excluding hydrogens is 609 g/mol. The van der Waals surface area contributed by atoms with Gasteiger partial charge in [-0.25, -0.2) is 9.98 Å². The number of aromatic nitrogens is 1. The number of fused-ring (bicyclic) bond motifs is 3. The van der Waals surface area contributed by atoms with Crippen LogP contribution in [0, 0.1) is 0 Å². The van der Waals surface area contributed by atoms with Crippen molar-refractivity contribution in [3.05, 3.63) is 180 Å². The average Bonchev–Trinajstić information content (AvgIpc) is 3.53. The van der Waals surface area contributed by atoms with Gasteiger partial charge in [-0.1, -0.05) is 133 Å². The lowest BCUT2D eigenvalue weighted by atomic mass is 9.93. The first kappa shape index (κ1) is 30.1. The predicted octanol–water partition coefficient (Wildman–Crippen LogP) is 11.2. The van der Waals surface area contributed by atoms with Gasteiger partial charge in [-0.15, -0.1) is 0 Å². The van der Waals surface area contributed by atoms with Crippen LogP contribution in [0.1, 0.15) is 54.1 Å². The summed E-state index contributed by atoms with van der Waals surface area (Å²) >= 11 is 0. The molecule has 1 aliphatic carbocycles. The van der Waals surface area contributed by atoms with Crippen LogP contribution >= 0.6 is 0 Å². The third kappa shape index (κ3) is 5.43. The Bertz CT molecular complexity index is 2380. The third-order valence-electron chi connectivity index (χ3n) is 10.2. The zero-order valence-corrected chi connectivity index (χ0v) is 28.2. The molecule has 242 valence electrons. The molecule has 1 atom stereocenters. The number of rotatable bonds is 6. The number of nitrogens with zero attached hydrogens (tertiary/aromatic N) is 4. The van der Waals surface area contributed by atoms with Gasteiger partial charge in [0.25, 0.3) is 0 Å². The normalized spacial score (nSPS) is 16.3. The van der Waals surface area contributed by atoms with E-state index in [-0.39, 0.29) is 6.17 Å². The van der Waals surface area contributed by atoms with Gasteiger partial charge in [-0.2, -0.15) is 0 Å². The molecule has 1 aliphatic heterocycles. The van der Waals surface area contributed by atoms with Crippen LogP contribution in [0.15, 0.2) is 168 Å². The molecule has 0 saturated heterocycles. The maximum Gasteiger partial charge on any atom is 0.159 e. The minimum Gasteiger partial charge on any atom is -0.333 e. The van der Waals surface area contributed by atoms with E-state index in [1.54, 1.807) is 0 Å². The lowest BCUT2D eigenvalue weighted by Gasteiger charge is -2.32. The topological polar surface area (TPSA) is 32.9 Å². The Morgan fingerprint density at radius 3 is 1.90 bits per heavy atom. The fraction of sp³-hybridized carbons (Fsp3) is 0.130. The second-order valence-electron chi connectivity index (χ2n) is 13.3. The van der Waals surface area contributed by atoms with Crippen molar-refractivity contribution in [2.45, 2.75) is 31.8 Å². The monoisotopic (exact) mass is 646 g/mol. The maximum atomic E-state index is 5.22. The van der Waals surface area contributed by atoms with E-state index in [4.69, 9.17) is 9.98 Å². The first-order valence-electron chi connectivity index (χ1n) is 17.6. The summed E-state index contributed by atoms with van der Waals surface area (Å²) in [5, 5.41) is 2.53. The average molecular weight is 647 g/mol. The van der Waals surface area contributed by atoms with E-state index < -0.39 is 0 Å². The molecule has 1 unspecified atom stereocenters. The highest BCUT2D eigenvalue weighted by atomic mass is 15.3. The van der Waals surface area contributed by atoms with Gasteiger partial charge in [-0.3, -0.25) is 0 Å². The Balaban J connectivity index is 1.07. The number of aliphatic imine (C=N–C) groups is 2. The standard InChI is InChI=1S/C46H38N4/c1-49-45(36-15-6-3-7-16-36)47-44(48-46(49)37-29-25-33(26-30-37)32-13-4-2-5-14-32)35-27-23-34(24-28-35)38-17-12-18-39(31-38)50-42-21-10-8-19-40(42)41-20-9-11-22-43(41)50/h3,6-13,15-31,45H,2,4-5,14H2,1H3. The fourth-order valence-electron chi connectivity index (χ4n) is 7.63. The number of hydrogen-bond donors (Lipinski definition) is 0. The molecule has 0 amide bonds. The summed E-state index contributed by atoms with van der Waals surface area (Å²) in [6.45, 7) is 0. The zero-order valence-electron chi connectivity index (χ0n) is 28.2. The lowest BCUT2D eigenvalue weighted by Crippen LogP contribution is -2.35. The molecule has 0 radical (unpaired) electrons. The van der Waals surface area contributed by atoms with Gasteiger partial charge in [0.2, 0.25) is 0 Å². The molecule has 0 N–H and O–H groups in total. The van der Waals surface area contributed by atoms with Crippen molar-refractivity contribution >= 4 is 39.1 Å². The van der Waals surface area contributed by atoms with E-state index in [0.717, 1.165) is 46.0 Å². The van der Waals surface area contributed by atoms with Gasteiger partial charge in [0.1, 0.15) is 12.0 Å². The van der Waals surface area contributed by atoms with E-state index in [2.05, 4.69) is 174 Å². The highest BCUT2D eigenvalue weighted by Crippen LogP contribution is 2.34. The Kier molecular flexibility index (Phi) is 7.70. The number of benzene rings is 6. The van der Waals surface area contributed by atoms with Gasteiger partial charge in [0.05, 0.1) is 11.0 Å². The molecule has 0 bridgehead atoms. The molecule has 6 aromatic carbocycles. The van der Waals surface area contributed by atoms with Crippen LogP contribution in [0.25, 0.3) is 44.2 Å². The zero-order chi connectivity index (χ0) is 33.4. The van der Waals surface area contributed by atoms with Crippen LogP contribution in [0.2, 0.25) is 0 Å². The number of amidine groups is 2. The van der Waals surface area contributed by atoms with E-state index in [1.165, 1.54) is 57.8 Å². The van der Waals surface area contributed by atoms with Crippen LogP contribution in [-0.2, 0) is 0 Å². The van der Waals surface area contributed by atoms with Gasteiger partial charge >= 0.3 is 0 Å². The molecule has 2 aliphatic rings. The molecule has 0 spiro atoms. The summed E-state index contributed by atoms with van der Waals surface area (Å²) in [6, 6.07) is 54.3. The first-order chi connectivity index (χ1) is 24.7. The van der Waals surface area contributed by atoms with Crippen LogP contribution in [-0.4, -0.2) is 28.2 Å². The molecule has 7 aromatic rings. The summed E-state index contributed by atoms with van der Waals surface area (Å²) in [6.07, 6.45) is 7.13. The summed E-state index contributed by atoms with van der Waals surface area (Å²) in [4.78, 5) is 12.6. The van der Waals surface area contributed by atoms with Crippen LogP contribution in [0.5, 0.6) is 0 Å². The number of para-hydroxylation sites is 2. The van der Waals surface area contributed by atoms with E-state index in [1.807, 2.05) is 0 Å². The smallest absolute Gasteiger partial charge is 0.159 e. The largest absolute Gasteiger partial charge is 0.333 e. The van der Waals surface area contributed by atoms with Gasteiger partial charge in [0.15, 0.2) is 5.84 Å². The highest BCUT2D eigenvalue weighted by molar-refractivity contribution is 6.13. The first-order valence-corrected chi connectivity index (χ1v) is 17.6. The number of allylic oxidation sites excluding steroid dienone is 2. The Morgan fingerprint density at radius 2 is 1.20 bits per heavy atom. The van der Waals surface area contributed by atoms with Crippen LogP contribution in [0.3, 0.4) is 0 Å². The summed E-state index contributed by atoms with van der Waals surface area (Å²) < 4.78 is 2.37. The molecule has 9 rings (SSSR count). The number of hydrogen-bond acceptors (Lipinski definition) is 3. The second kappa shape index (κ2) is 12.8. The van der Waals surface area contributed by atoms with Crippen molar-refractivity contribution in [3.8, 4) is 16.8 Å². The van der Waals surface area contributed by atoms with Gasteiger partial charge < -0.3 is 9.47 Å². The molecule has 50 heavy (non-hydrogen) atoms. The van der Waals surface area contributed by atoms with E-state index in [9.17, 15) is 0 Å². The SMILES string of the molecule is CN1C(c2ccc(C3=CCCCC3)cc2)=NC(c2ccc(-c3cccc(-n4c5ccccc5c5ccccc54)c3)cc2)=NC1c1ccccc1. The van der Waals surface area contributed by atoms with E-state index >= 15 is 0 Å². The fourth-order valence-corrected chi connectivity index (χ4v) is 7.63. The van der Waals surface area contributed by atoms with Crippen LogP contribution < -0.4 is 0 Å². The lowest BCUT2D eigenvalue weighted by molar-refractivity contribution is 0.383. The molecule has 0 fully saturated rings.